The molecule has 0 saturated heterocycles. The van der Waals surface area contributed by atoms with E-state index in [-0.39, 0.29) is 5.91 Å². The third kappa shape index (κ3) is 3.86. The molecular weight excluding hydrogens is 451 g/mol. The maximum absolute atomic E-state index is 12.3. The van der Waals surface area contributed by atoms with Gasteiger partial charge in [0, 0.05) is 20.7 Å². The van der Waals surface area contributed by atoms with Crippen LogP contribution >= 0.6 is 39.1 Å². The van der Waals surface area contributed by atoms with Gasteiger partial charge >= 0.3 is 0 Å². The van der Waals surface area contributed by atoms with E-state index in [9.17, 15) is 4.79 Å². The smallest absolute Gasteiger partial charge is 0.255 e. The molecule has 1 N–H and O–H groups in total. The Bertz CT molecular complexity index is 1160. The monoisotopic (exact) mass is 460 g/mol. The van der Waals surface area contributed by atoms with E-state index in [1.807, 2.05) is 12.1 Å². The van der Waals surface area contributed by atoms with Gasteiger partial charge in [0.15, 0.2) is 5.58 Å². The highest BCUT2D eigenvalue weighted by Gasteiger charge is 2.13. The van der Waals surface area contributed by atoms with Crippen molar-refractivity contribution in [2.75, 3.05) is 5.32 Å². The molecule has 27 heavy (non-hydrogen) atoms. The Kier molecular flexibility index (Phi) is 4.91. The van der Waals surface area contributed by atoms with Crippen LogP contribution in [0, 0.1) is 0 Å². The number of halogens is 3. The van der Waals surface area contributed by atoms with Crippen LogP contribution in [-0.4, -0.2) is 10.9 Å². The minimum atomic E-state index is -0.232. The lowest BCUT2D eigenvalue weighted by Gasteiger charge is -2.05. The second kappa shape index (κ2) is 7.35. The number of amides is 1. The maximum atomic E-state index is 12.3. The van der Waals surface area contributed by atoms with Crippen molar-refractivity contribution in [1.29, 1.82) is 0 Å². The van der Waals surface area contributed by atoms with Crippen LogP contribution in [0.4, 0.5) is 5.69 Å². The van der Waals surface area contributed by atoms with Crippen molar-refractivity contribution in [2.24, 2.45) is 0 Å². The van der Waals surface area contributed by atoms with Crippen molar-refractivity contribution in [1.82, 2.24) is 4.98 Å². The van der Waals surface area contributed by atoms with Crippen molar-refractivity contribution < 1.29 is 9.21 Å². The van der Waals surface area contributed by atoms with Gasteiger partial charge in [0.05, 0.1) is 10.6 Å². The van der Waals surface area contributed by atoms with Crippen LogP contribution in [0.1, 0.15) is 10.4 Å². The standard InChI is InChI=1S/C20H11BrCl2N2O2/c21-12-3-7-16(23)15(9-12)20-25-17-10-14(6-8-18(17)27-20)24-19(26)11-1-4-13(22)5-2-11/h1-10H,(H,24,26). The molecule has 1 heterocycles. The minimum absolute atomic E-state index is 0.232. The van der Waals surface area contributed by atoms with Crippen LogP contribution in [0.25, 0.3) is 22.6 Å². The summed E-state index contributed by atoms with van der Waals surface area (Å²) in [6.07, 6.45) is 0. The molecule has 0 fully saturated rings. The third-order valence-electron chi connectivity index (χ3n) is 3.91. The number of nitrogens with one attached hydrogen (secondary N) is 1. The lowest BCUT2D eigenvalue weighted by Crippen LogP contribution is -2.11. The molecule has 0 spiro atoms. The number of oxazole rings is 1. The van der Waals surface area contributed by atoms with Crippen molar-refractivity contribution in [3.05, 3.63) is 80.7 Å². The second-order valence-corrected chi connectivity index (χ2v) is 7.55. The van der Waals surface area contributed by atoms with Gasteiger partial charge in [-0.1, -0.05) is 39.1 Å². The number of rotatable bonds is 3. The fourth-order valence-corrected chi connectivity index (χ4v) is 3.27. The van der Waals surface area contributed by atoms with E-state index < -0.39 is 0 Å². The molecule has 0 bridgehead atoms. The summed E-state index contributed by atoms with van der Waals surface area (Å²) in [6, 6.07) is 17.4. The molecule has 1 amide bonds. The van der Waals surface area contributed by atoms with Crippen LogP contribution < -0.4 is 5.32 Å². The summed E-state index contributed by atoms with van der Waals surface area (Å²) in [5, 5.41) is 3.96. The zero-order valence-electron chi connectivity index (χ0n) is 13.7. The number of fused-ring (bicyclic) bond motifs is 1. The van der Waals surface area contributed by atoms with E-state index >= 15 is 0 Å². The summed E-state index contributed by atoms with van der Waals surface area (Å²) in [5.41, 5.74) is 3.04. The molecule has 0 unspecified atom stereocenters. The third-order valence-corrected chi connectivity index (χ3v) is 4.99. The first-order chi connectivity index (χ1) is 13.0. The topological polar surface area (TPSA) is 55.1 Å². The molecule has 134 valence electrons. The fourth-order valence-electron chi connectivity index (χ4n) is 2.59. The first-order valence-electron chi connectivity index (χ1n) is 7.92. The van der Waals surface area contributed by atoms with Gasteiger partial charge in [0.2, 0.25) is 5.89 Å². The molecule has 0 aliphatic heterocycles. The summed E-state index contributed by atoms with van der Waals surface area (Å²) in [6.45, 7) is 0. The number of benzene rings is 3. The highest BCUT2D eigenvalue weighted by molar-refractivity contribution is 9.10. The van der Waals surface area contributed by atoms with Crippen molar-refractivity contribution in [3.63, 3.8) is 0 Å². The number of hydrogen-bond acceptors (Lipinski definition) is 3. The van der Waals surface area contributed by atoms with Gasteiger partial charge in [0.25, 0.3) is 5.91 Å². The van der Waals surface area contributed by atoms with Crippen molar-refractivity contribution in [3.8, 4) is 11.5 Å². The zero-order chi connectivity index (χ0) is 19.0. The highest BCUT2D eigenvalue weighted by Crippen LogP contribution is 2.33. The molecule has 3 aromatic carbocycles. The van der Waals surface area contributed by atoms with Crippen molar-refractivity contribution in [2.45, 2.75) is 0 Å². The molecule has 4 nitrogen and oxygen atoms in total. The van der Waals surface area contributed by atoms with E-state index in [2.05, 4.69) is 26.2 Å². The lowest BCUT2D eigenvalue weighted by atomic mass is 10.2. The van der Waals surface area contributed by atoms with Gasteiger partial charge in [-0.05, 0) is 60.7 Å². The Labute approximate surface area is 173 Å². The fraction of sp³-hybridized carbons (Fsp3) is 0. The minimum Gasteiger partial charge on any atom is -0.436 e. The second-order valence-electron chi connectivity index (χ2n) is 5.79. The Morgan fingerprint density at radius 1 is 1.00 bits per heavy atom. The van der Waals surface area contributed by atoms with Crippen LogP contribution in [0.15, 0.2) is 69.6 Å². The molecule has 0 saturated carbocycles. The van der Waals surface area contributed by atoms with Gasteiger partial charge in [-0.2, -0.15) is 0 Å². The molecular formula is C20H11BrCl2N2O2. The molecule has 0 aliphatic rings. The molecule has 0 atom stereocenters. The van der Waals surface area contributed by atoms with E-state index in [1.54, 1.807) is 48.5 Å². The predicted octanol–water partition coefficient (Wildman–Crippen LogP) is 6.82. The van der Waals surface area contributed by atoms with Crippen LogP contribution in [0.3, 0.4) is 0 Å². The quantitative estimate of drug-likeness (QED) is 0.364. The first-order valence-corrected chi connectivity index (χ1v) is 9.47. The number of aromatic nitrogens is 1. The van der Waals surface area contributed by atoms with Gasteiger partial charge in [-0.15, -0.1) is 0 Å². The lowest BCUT2D eigenvalue weighted by molar-refractivity contribution is 0.102. The van der Waals surface area contributed by atoms with E-state index in [0.29, 0.717) is 43.9 Å². The largest absolute Gasteiger partial charge is 0.436 e. The highest BCUT2D eigenvalue weighted by atomic mass is 79.9. The maximum Gasteiger partial charge on any atom is 0.255 e. The Hall–Kier alpha value is -2.34. The van der Waals surface area contributed by atoms with Gasteiger partial charge in [-0.3, -0.25) is 4.79 Å². The van der Waals surface area contributed by atoms with Crippen LogP contribution in [0.2, 0.25) is 10.0 Å². The van der Waals surface area contributed by atoms with Crippen LogP contribution in [-0.2, 0) is 0 Å². The molecule has 1 aromatic heterocycles. The summed E-state index contributed by atoms with van der Waals surface area (Å²) in [5.74, 6) is 0.183. The molecule has 4 aromatic rings. The Morgan fingerprint density at radius 3 is 2.56 bits per heavy atom. The molecule has 7 heteroatoms. The van der Waals surface area contributed by atoms with E-state index in [4.69, 9.17) is 27.6 Å². The normalized spacial score (nSPS) is 10.9. The molecule has 4 rings (SSSR count). The zero-order valence-corrected chi connectivity index (χ0v) is 16.8. The van der Waals surface area contributed by atoms with Gasteiger partial charge < -0.3 is 9.73 Å². The van der Waals surface area contributed by atoms with Gasteiger partial charge in [-0.25, -0.2) is 4.98 Å². The first kappa shape index (κ1) is 18.0. The number of hydrogen-bond donors (Lipinski definition) is 1. The Morgan fingerprint density at radius 2 is 1.78 bits per heavy atom. The number of anilines is 1. The number of nitrogens with zero attached hydrogens (tertiary/aromatic N) is 1. The summed E-state index contributed by atoms with van der Waals surface area (Å²) >= 11 is 15.5. The average molecular weight is 462 g/mol. The summed E-state index contributed by atoms with van der Waals surface area (Å²) < 4.78 is 6.68. The SMILES string of the molecule is O=C(Nc1ccc2oc(-c3cc(Br)ccc3Cl)nc2c1)c1ccc(Cl)cc1. The molecule has 0 radical (unpaired) electrons. The summed E-state index contributed by atoms with van der Waals surface area (Å²) in [7, 11) is 0. The Balaban J connectivity index is 1.64. The molecule has 0 aliphatic carbocycles. The van der Waals surface area contributed by atoms with E-state index in [1.165, 1.54) is 0 Å². The average Bonchev–Trinajstić information content (AvgIpc) is 3.07. The van der Waals surface area contributed by atoms with Crippen molar-refractivity contribution >= 4 is 61.8 Å². The number of carbonyl (C=O) groups is 1. The van der Waals surface area contributed by atoms with Crippen LogP contribution in [0.5, 0.6) is 0 Å². The van der Waals surface area contributed by atoms with E-state index in [0.717, 1.165) is 4.47 Å². The number of carbonyl (C=O) groups excluding carboxylic acids is 1. The van der Waals surface area contributed by atoms with Gasteiger partial charge in [0.1, 0.15) is 5.52 Å². The summed E-state index contributed by atoms with van der Waals surface area (Å²) in [4.78, 5) is 16.8. The predicted molar refractivity (Wildman–Crippen MR) is 112 cm³/mol.